The van der Waals surface area contributed by atoms with Gasteiger partial charge in [-0.3, -0.25) is 4.31 Å². The molecule has 0 saturated carbocycles. The molecule has 2 aromatic carbocycles. The average Bonchev–Trinajstić information content (AvgIpc) is 2.54. The predicted molar refractivity (Wildman–Crippen MR) is 95.3 cm³/mol. The van der Waals surface area contributed by atoms with Crippen molar-refractivity contribution >= 4 is 44.9 Å². The Kier molecular flexibility index (Phi) is 5.74. The van der Waals surface area contributed by atoms with Crippen molar-refractivity contribution in [1.29, 1.82) is 0 Å². The Morgan fingerprint density at radius 3 is 2.46 bits per heavy atom. The van der Waals surface area contributed by atoms with Crippen LogP contribution in [0.2, 0.25) is 10.0 Å². The number of esters is 1. The molecule has 5 nitrogen and oxygen atoms in total. The molecule has 0 aromatic heterocycles. The summed E-state index contributed by atoms with van der Waals surface area (Å²) in [6.45, 7) is -0.0111. The van der Waals surface area contributed by atoms with Gasteiger partial charge in [0, 0.05) is 0 Å². The van der Waals surface area contributed by atoms with E-state index in [0.29, 0.717) is 16.3 Å². The van der Waals surface area contributed by atoms with Gasteiger partial charge in [0.25, 0.3) is 0 Å². The molecule has 0 unspecified atom stereocenters. The number of rotatable bonds is 5. The highest BCUT2D eigenvalue weighted by molar-refractivity contribution is 7.92. The summed E-state index contributed by atoms with van der Waals surface area (Å²) in [6, 6.07) is 11.2. The highest BCUT2D eigenvalue weighted by Gasteiger charge is 2.21. The topological polar surface area (TPSA) is 63.7 Å². The van der Waals surface area contributed by atoms with E-state index in [2.05, 4.69) is 4.74 Å². The van der Waals surface area contributed by atoms with Crippen LogP contribution in [0.4, 0.5) is 5.69 Å². The molecule has 0 aliphatic carbocycles. The summed E-state index contributed by atoms with van der Waals surface area (Å²) in [5, 5.41) is 0.628. The van der Waals surface area contributed by atoms with E-state index in [-0.39, 0.29) is 17.1 Å². The Bertz CT molecular complexity index is 868. The molecule has 0 fully saturated rings. The number of ether oxygens (including phenoxy) is 1. The number of benzene rings is 2. The minimum Gasteiger partial charge on any atom is -0.465 e. The quantitative estimate of drug-likeness (QED) is 0.732. The molecule has 2 aromatic rings. The van der Waals surface area contributed by atoms with Crippen LogP contribution in [0.5, 0.6) is 0 Å². The number of anilines is 1. The fourth-order valence-corrected chi connectivity index (χ4v) is 3.38. The van der Waals surface area contributed by atoms with Crippen LogP contribution in [-0.2, 0) is 21.3 Å². The van der Waals surface area contributed by atoms with Gasteiger partial charge in [-0.05, 0) is 29.8 Å². The van der Waals surface area contributed by atoms with E-state index in [0.717, 1.165) is 10.6 Å². The third-order valence-electron chi connectivity index (χ3n) is 3.30. The van der Waals surface area contributed by atoms with E-state index in [1.165, 1.54) is 13.2 Å². The molecule has 128 valence electrons. The van der Waals surface area contributed by atoms with Gasteiger partial charge in [0.15, 0.2) is 0 Å². The summed E-state index contributed by atoms with van der Waals surface area (Å²) in [5.74, 6) is -0.550. The van der Waals surface area contributed by atoms with Gasteiger partial charge in [-0.1, -0.05) is 41.4 Å². The van der Waals surface area contributed by atoms with Crippen molar-refractivity contribution in [2.45, 2.75) is 6.54 Å². The summed E-state index contributed by atoms with van der Waals surface area (Å²) >= 11 is 12.1. The first-order valence-electron chi connectivity index (χ1n) is 6.83. The lowest BCUT2D eigenvalue weighted by Crippen LogP contribution is -2.29. The lowest BCUT2D eigenvalue weighted by atomic mass is 10.2. The molecule has 0 aliphatic rings. The second-order valence-corrected chi connectivity index (χ2v) is 7.72. The molecule has 0 atom stereocenters. The van der Waals surface area contributed by atoms with E-state index < -0.39 is 16.0 Å². The van der Waals surface area contributed by atoms with E-state index in [1.54, 1.807) is 36.4 Å². The number of hydrogen-bond donors (Lipinski definition) is 0. The molecule has 24 heavy (non-hydrogen) atoms. The number of carbonyl (C=O) groups excluding carboxylic acids is 1. The summed E-state index contributed by atoms with van der Waals surface area (Å²) in [6.07, 6.45) is 1.08. The standard InChI is InChI=1S/C16H15Cl2NO4S/c1-23-16(20)11-5-3-7-13(9-11)19(24(2,21)22)10-12-6-4-8-14(17)15(12)18/h3-9H,10H2,1-2H3. The van der Waals surface area contributed by atoms with Crippen molar-refractivity contribution in [2.24, 2.45) is 0 Å². The first-order chi connectivity index (χ1) is 11.2. The lowest BCUT2D eigenvalue weighted by molar-refractivity contribution is 0.0600. The second-order valence-electron chi connectivity index (χ2n) is 5.02. The van der Waals surface area contributed by atoms with Gasteiger partial charge in [-0.25, -0.2) is 13.2 Å². The first-order valence-corrected chi connectivity index (χ1v) is 9.43. The van der Waals surface area contributed by atoms with Crippen LogP contribution in [0.25, 0.3) is 0 Å². The second kappa shape index (κ2) is 7.42. The zero-order valence-electron chi connectivity index (χ0n) is 13.0. The lowest BCUT2D eigenvalue weighted by Gasteiger charge is -2.23. The van der Waals surface area contributed by atoms with Gasteiger partial charge >= 0.3 is 5.97 Å². The first kappa shape index (κ1) is 18.6. The van der Waals surface area contributed by atoms with Crippen molar-refractivity contribution in [1.82, 2.24) is 0 Å². The van der Waals surface area contributed by atoms with Crippen LogP contribution in [0.3, 0.4) is 0 Å². The third-order valence-corrected chi connectivity index (χ3v) is 5.30. The summed E-state index contributed by atoms with van der Waals surface area (Å²) in [5.41, 5.74) is 1.13. The largest absolute Gasteiger partial charge is 0.465 e. The number of sulfonamides is 1. The van der Waals surface area contributed by atoms with Crippen molar-refractivity contribution in [3.63, 3.8) is 0 Å². The molecule has 2 rings (SSSR count). The van der Waals surface area contributed by atoms with Gasteiger partial charge < -0.3 is 4.74 Å². The number of nitrogens with zero attached hydrogens (tertiary/aromatic N) is 1. The van der Waals surface area contributed by atoms with Gasteiger partial charge in [-0.2, -0.15) is 0 Å². The van der Waals surface area contributed by atoms with Crippen molar-refractivity contribution in [2.75, 3.05) is 17.7 Å². The van der Waals surface area contributed by atoms with E-state index in [1.807, 2.05) is 0 Å². The Hall–Kier alpha value is -1.76. The fraction of sp³-hybridized carbons (Fsp3) is 0.188. The third kappa shape index (κ3) is 4.20. The van der Waals surface area contributed by atoms with Crippen molar-refractivity contribution < 1.29 is 17.9 Å². The van der Waals surface area contributed by atoms with Crippen LogP contribution >= 0.6 is 23.2 Å². The Morgan fingerprint density at radius 1 is 1.17 bits per heavy atom. The molecule has 8 heteroatoms. The smallest absolute Gasteiger partial charge is 0.337 e. The highest BCUT2D eigenvalue weighted by Crippen LogP contribution is 2.29. The number of hydrogen-bond acceptors (Lipinski definition) is 4. The van der Waals surface area contributed by atoms with Crippen LogP contribution in [0.15, 0.2) is 42.5 Å². The van der Waals surface area contributed by atoms with Crippen LogP contribution in [0, 0.1) is 0 Å². The molecular formula is C16H15Cl2NO4S. The monoisotopic (exact) mass is 387 g/mol. The van der Waals surface area contributed by atoms with Gasteiger partial charge in [0.2, 0.25) is 10.0 Å². The van der Waals surface area contributed by atoms with Crippen molar-refractivity contribution in [3.05, 3.63) is 63.6 Å². The molecule has 0 radical (unpaired) electrons. The molecule has 0 bridgehead atoms. The highest BCUT2D eigenvalue weighted by atomic mass is 35.5. The van der Waals surface area contributed by atoms with E-state index >= 15 is 0 Å². The van der Waals surface area contributed by atoms with Gasteiger partial charge in [0.05, 0.1) is 41.2 Å². The SMILES string of the molecule is COC(=O)c1cccc(N(Cc2cccc(Cl)c2Cl)S(C)(=O)=O)c1. The minimum atomic E-state index is -3.62. The Labute approximate surface area is 150 Å². The number of methoxy groups -OCH3 is 1. The van der Waals surface area contributed by atoms with Crippen LogP contribution < -0.4 is 4.31 Å². The molecule has 0 aliphatic heterocycles. The van der Waals surface area contributed by atoms with Gasteiger partial charge in [-0.15, -0.1) is 0 Å². The number of halogens is 2. The van der Waals surface area contributed by atoms with E-state index in [9.17, 15) is 13.2 Å². The van der Waals surface area contributed by atoms with Crippen molar-refractivity contribution in [3.8, 4) is 0 Å². The average molecular weight is 388 g/mol. The minimum absolute atomic E-state index is 0.0111. The summed E-state index contributed by atoms with van der Waals surface area (Å²) < 4.78 is 30.2. The molecule has 0 amide bonds. The Morgan fingerprint density at radius 2 is 1.83 bits per heavy atom. The van der Waals surface area contributed by atoms with E-state index in [4.69, 9.17) is 23.2 Å². The normalized spacial score (nSPS) is 11.2. The maximum absolute atomic E-state index is 12.2. The molecular weight excluding hydrogens is 373 g/mol. The number of carbonyl (C=O) groups is 1. The molecule has 0 N–H and O–H groups in total. The Balaban J connectivity index is 2.47. The van der Waals surface area contributed by atoms with Crippen LogP contribution in [0.1, 0.15) is 15.9 Å². The maximum atomic E-state index is 12.2. The summed E-state index contributed by atoms with van der Waals surface area (Å²) in [7, 11) is -2.36. The fourth-order valence-electron chi connectivity index (χ4n) is 2.13. The van der Waals surface area contributed by atoms with Gasteiger partial charge in [0.1, 0.15) is 0 Å². The zero-order chi connectivity index (χ0) is 17.9. The molecule has 0 saturated heterocycles. The summed E-state index contributed by atoms with van der Waals surface area (Å²) in [4.78, 5) is 11.7. The molecule has 0 heterocycles. The molecule has 0 spiro atoms. The van der Waals surface area contributed by atoms with Crippen LogP contribution in [-0.4, -0.2) is 27.8 Å². The maximum Gasteiger partial charge on any atom is 0.337 e. The zero-order valence-corrected chi connectivity index (χ0v) is 15.3. The predicted octanol–water partition coefficient (Wildman–Crippen LogP) is 3.75.